The molecular weight excluding hydrogens is 456 g/mol. The van der Waals surface area contributed by atoms with Gasteiger partial charge in [-0.3, -0.25) is 4.79 Å². The van der Waals surface area contributed by atoms with Crippen molar-refractivity contribution in [2.24, 2.45) is 5.92 Å². The first-order valence-electron chi connectivity index (χ1n) is 10.9. The third-order valence-corrected chi connectivity index (χ3v) is 9.34. The molecule has 1 aliphatic heterocycles. The van der Waals surface area contributed by atoms with Crippen molar-refractivity contribution in [1.82, 2.24) is 9.03 Å². The van der Waals surface area contributed by atoms with Crippen LogP contribution in [0.15, 0.2) is 60.0 Å². The maximum Gasteiger partial charge on any atom is 0.243 e. The lowest BCUT2D eigenvalue weighted by atomic mass is 9.90. The van der Waals surface area contributed by atoms with Crippen LogP contribution in [0.1, 0.15) is 49.2 Å². The van der Waals surface area contributed by atoms with Crippen LogP contribution in [0.5, 0.6) is 0 Å². The van der Waals surface area contributed by atoms with E-state index in [0.717, 1.165) is 16.7 Å². The molecule has 0 aliphatic carbocycles. The molecule has 2 aromatic carbocycles. The number of aryl methyl sites for hydroxylation is 1. The van der Waals surface area contributed by atoms with Gasteiger partial charge in [0.15, 0.2) is 5.78 Å². The van der Waals surface area contributed by atoms with Crippen LogP contribution in [0.3, 0.4) is 0 Å². The Labute approximate surface area is 199 Å². The summed E-state index contributed by atoms with van der Waals surface area (Å²) in [6.45, 7) is 13.7. The van der Waals surface area contributed by atoms with E-state index in [1.165, 1.54) is 11.2 Å². The second kappa shape index (κ2) is 9.62. The highest BCUT2D eigenvalue weighted by atomic mass is 32.2. The van der Waals surface area contributed by atoms with E-state index in [4.69, 9.17) is 0 Å². The van der Waals surface area contributed by atoms with Crippen LogP contribution >= 0.6 is 0 Å². The lowest BCUT2D eigenvalue weighted by molar-refractivity contribution is 0.101. The first-order chi connectivity index (χ1) is 15.3. The number of hydrogen-bond acceptors (Lipinski definition) is 4. The van der Waals surface area contributed by atoms with Crippen molar-refractivity contribution in [2.45, 2.75) is 50.3 Å². The minimum atomic E-state index is -3.72. The first kappa shape index (κ1) is 25.5. The SMILES string of the molecule is C=C(c1ccc(C(C)=O)cc1)[C@H]1CN(S(=O)(=O)c2ccc(C)cc2)C[C@H]1NS(=O)C(C)(C)C. The zero-order valence-electron chi connectivity index (χ0n) is 19.8. The zero-order valence-corrected chi connectivity index (χ0v) is 21.4. The molecule has 8 heteroatoms. The van der Waals surface area contributed by atoms with Crippen LogP contribution in [-0.2, 0) is 21.0 Å². The van der Waals surface area contributed by atoms with Gasteiger partial charge < -0.3 is 0 Å². The summed E-state index contributed by atoms with van der Waals surface area (Å²) in [6, 6.07) is 13.6. The fourth-order valence-corrected chi connectivity index (χ4v) is 6.10. The Bertz CT molecular complexity index is 1160. The fourth-order valence-electron chi connectivity index (χ4n) is 3.74. The maximum atomic E-state index is 13.4. The molecule has 1 aliphatic rings. The van der Waals surface area contributed by atoms with Gasteiger partial charge in [0.05, 0.1) is 20.6 Å². The van der Waals surface area contributed by atoms with E-state index in [1.807, 2.05) is 39.8 Å². The minimum Gasteiger partial charge on any atom is -0.295 e. The van der Waals surface area contributed by atoms with Gasteiger partial charge in [-0.1, -0.05) is 48.5 Å². The van der Waals surface area contributed by atoms with Gasteiger partial charge in [-0.25, -0.2) is 17.3 Å². The van der Waals surface area contributed by atoms with E-state index in [-0.39, 0.29) is 35.7 Å². The molecule has 0 saturated carbocycles. The highest BCUT2D eigenvalue weighted by molar-refractivity contribution is 7.89. The lowest BCUT2D eigenvalue weighted by Gasteiger charge is -2.26. The van der Waals surface area contributed by atoms with E-state index in [0.29, 0.717) is 5.56 Å². The van der Waals surface area contributed by atoms with E-state index < -0.39 is 25.8 Å². The number of carbonyl (C=O) groups excluding carboxylic acids is 1. The molecule has 1 saturated heterocycles. The number of sulfonamides is 1. The molecule has 0 spiro atoms. The predicted molar refractivity (Wildman–Crippen MR) is 134 cm³/mol. The highest BCUT2D eigenvalue weighted by Crippen LogP contribution is 2.34. The summed E-state index contributed by atoms with van der Waals surface area (Å²) in [5, 5.41) is 0. The molecule has 33 heavy (non-hydrogen) atoms. The third-order valence-electron chi connectivity index (χ3n) is 5.87. The average Bonchev–Trinajstić information content (AvgIpc) is 3.17. The Morgan fingerprint density at radius 2 is 1.58 bits per heavy atom. The summed E-state index contributed by atoms with van der Waals surface area (Å²) < 4.78 is 43.7. The molecule has 3 atom stereocenters. The number of Topliss-reactive ketones (excluding diaryl/α,β-unsaturated/α-hetero) is 1. The van der Waals surface area contributed by atoms with E-state index in [2.05, 4.69) is 11.3 Å². The Morgan fingerprint density at radius 1 is 1.03 bits per heavy atom. The Balaban J connectivity index is 1.92. The smallest absolute Gasteiger partial charge is 0.243 e. The van der Waals surface area contributed by atoms with Crippen molar-refractivity contribution >= 4 is 32.4 Å². The van der Waals surface area contributed by atoms with Gasteiger partial charge >= 0.3 is 0 Å². The molecule has 3 rings (SSSR count). The first-order valence-corrected chi connectivity index (χ1v) is 13.4. The number of nitrogens with one attached hydrogen (secondary N) is 1. The van der Waals surface area contributed by atoms with Crippen LogP contribution in [0.2, 0.25) is 0 Å². The molecule has 0 aromatic heterocycles. The number of carbonyl (C=O) groups is 1. The second-order valence-electron chi connectivity index (χ2n) is 9.51. The number of hydrogen-bond donors (Lipinski definition) is 1. The largest absolute Gasteiger partial charge is 0.295 e. The molecule has 0 bridgehead atoms. The number of nitrogens with zero attached hydrogens (tertiary/aromatic N) is 1. The van der Waals surface area contributed by atoms with Crippen molar-refractivity contribution < 1.29 is 17.4 Å². The maximum absolute atomic E-state index is 13.4. The van der Waals surface area contributed by atoms with E-state index >= 15 is 0 Å². The topological polar surface area (TPSA) is 83.6 Å². The van der Waals surface area contributed by atoms with Crippen LogP contribution in [0.25, 0.3) is 5.57 Å². The molecule has 1 unspecified atom stereocenters. The summed E-state index contributed by atoms with van der Waals surface area (Å²) in [5.74, 6) is -0.303. The van der Waals surface area contributed by atoms with Crippen LogP contribution in [0.4, 0.5) is 0 Å². The second-order valence-corrected chi connectivity index (χ2v) is 13.4. The summed E-state index contributed by atoms with van der Waals surface area (Å²) in [5.41, 5.74) is 3.16. The minimum absolute atomic E-state index is 0.0245. The van der Waals surface area contributed by atoms with Crippen molar-refractivity contribution in [3.8, 4) is 0 Å². The van der Waals surface area contributed by atoms with Gasteiger partial charge in [0.1, 0.15) is 0 Å². The molecule has 6 nitrogen and oxygen atoms in total. The molecule has 178 valence electrons. The Hall–Kier alpha value is -2.13. The van der Waals surface area contributed by atoms with E-state index in [9.17, 15) is 17.4 Å². The standard InChI is InChI=1S/C25H32N2O4S2/c1-17-7-13-22(14-8-17)33(30,31)27-15-23(24(16-27)26-32(29)25(4,5)6)18(2)20-9-11-21(12-10-20)19(3)28/h7-14,23-24,26H,2,15-16H2,1,3-6H3/t23-,24-,32?/m1/s1. The summed E-state index contributed by atoms with van der Waals surface area (Å²) in [7, 11) is -5.09. The molecule has 0 amide bonds. The summed E-state index contributed by atoms with van der Waals surface area (Å²) >= 11 is 0. The van der Waals surface area contributed by atoms with Crippen molar-refractivity contribution in [3.63, 3.8) is 0 Å². The monoisotopic (exact) mass is 488 g/mol. The molecule has 1 heterocycles. The summed E-state index contributed by atoms with van der Waals surface area (Å²) in [6.07, 6.45) is 0. The number of rotatable bonds is 7. The Kier molecular flexibility index (Phi) is 7.43. The fraction of sp³-hybridized carbons (Fsp3) is 0.400. The van der Waals surface area contributed by atoms with Gasteiger partial charge in [0, 0.05) is 30.6 Å². The third kappa shape index (κ3) is 5.69. The summed E-state index contributed by atoms with van der Waals surface area (Å²) in [4.78, 5) is 11.9. The molecular formula is C25H32N2O4S2. The van der Waals surface area contributed by atoms with Crippen molar-refractivity contribution in [1.29, 1.82) is 0 Å². The zero-order chi connectivity index (χ0) is 24.6. The van der Waals surface area contributed by atoms with Crippen LogP contribution in [0, 0.1) is 12.8 Å². The average molecular weight is 489 g/mol. The van der Waals surface area contributed by atoms with E-state index in [1.54, 1.807) is 36.4 Å². The van der Waals surface area contributed by atoms with Crippen molar-refractivity contribution in [2.75, 3.05) is 13.1 Å². The molecule has 2 aromatic rings. The van der Waals surface area contributed by atoms with Crippen molar-refractivity contribution in [3.05, 3.63) is 71.8 Å². The molecule has 0 radical (unpaired) electrons. The molecule has 1 N–H and O–H groups in total. The van der Waals surface area contributed by atoms with Gasteiger partial charge in [0.2, 0.25) is 10.0 Å². The number of benzene rings is 2. The van der Waals surface area contributed by atoms with Gasteiger partial charge in [0.25, 0.3) is 0 Å². The highest BCUT2D eigenvalue weighted by Gasteiger charge is 2.42. The number of ketones is 1. The molecule has 1 fully saturated rings. The van der Waals surface area contributed by atoms with Gasteiger partial charge in [-0.2, -0.15) is 4.31 Å². The van der Waals surface area contributed by atoms with Gasteiger partial charge in [-0.05, 0) is 57.9 Å². The Morgan fingerprint density at radius 3 is 2.09 bits per heavy atom. The predicted octanol–water partition coefficient (Wildman–Crippen LogP) is 3.95. The normalized spacial score (nSPS) is 20.5. The lowest BCUT2D eigenvalue weighted by Crippen LogP contribution is -2.44. The quantitative estimate of drug-likeness (QED) is 0.598. The van der Waals surface area contributed by atoms with Gasteiger partial charge in [-0.15, -0.1) is 0 Å². The van der Waals surface area contributed by atoms with Crippen LogP contribution in [-0.4, -0.2) is 46.6 Å². The van der Waals surface area contributed by atoms with Crippen LogP contribution < -0.4 is 4.72 Å².